The van der Waals surface area contributed by atoms with Gasteiger partial charge in [0.25, 0.3) is 0 Å². The molecule has 0 radical (unpaired) electrons. The van der Waals surface area contributed by atoms with Crippen LogP contribution in [0.5, 0.6) is 0 Å². The van der Waals surface area contributed by atoms with Gasteiger partial charge in [0.2, 0.25) is 0 Å². The van der Waals surface area contributed by atoms with Gasteiger partial charge in [0.15, 0.2) is 0 Å². The zero-order valence-electron chi connectivity index (χ0n) is 10.9. The number of aromatic nitrogens is 2. The van der Waals surface area contributed by atoms with Crippen LogP contribution >= 0.6 is 23.2 Å². The van der Waals surface area contributed by atoms with Crippen LogP contribution in [0, 0.1) is 0 Å². The van der Waals surface area contributed by atoms with Crippen molar-refractivity contribution in [2.75, 3.05) is 0 Å². The summed E-state index contributed by atoms with van der Waals surface area (Å²) in [6.45, 7) is 0. The van der Waals surface area contributed by atoms with Gasteiger partial charge in [-0.15, -0.1) is 0 Å². The summed E-state index contributed by atoms with van der Waals surface area (Å²) in [5, 5.41) is 3.49. The molecule has 0 bridgehead atoms. The van der Waals surface area contributed by atoms with Crippen LogP contribution < -0.4 is 0 Å². The van der Waals surface area contributed by atoms with Crippen LogP contribution in [0.15, 0.2) is 54.6 Å². The van der Waals surface area contributed by atoms with E-state index in [1.54, 1.807) is 6.07 Å². The van der Waals surface area contributed by atoms with Crippen LogP contribution in [0.1, 0.15) is 0 Å². The first-order chi connectivity index (χ1) is 10.2. The normalized spacial score (nSPS) is 11.3. The SMILES string of the molecule is Clc1cc(Cl)c2nc(-c3cccc4ccccc34)[nH]c2c1. The summed E-state index contributed by atoms with van der Waals surface area (Å²) in [6.07, 6.45) is 0. The smallest absolute Gasteiger partial charge is 0.139 e. The summed E-state index contributed by atoms with van der Waals surface area (Å²) in [5.74, 6) is 0.797. The first-order valence-corrected chi connectivity index (χ1v) is 7.31. The highest BCUT2D eigenvalue weighted by Crippen LogP contribution is 2.31. The van der Waals surface area contributed by atoms with Crippen molar-refractivity contribution < 1.29 is 0 Å². The molecular formula is C17H10Cl2N2. The van der Waals surface area contributed by atoms with Crippen molar-refractivity contribution in [3.8, 4) is 11.4 Å². The third-order valence-corrected chi connectivity index (χ3v) is 4.06. The number of hydrogen-bond donors (Lipinski definition) is 1. The first kappa shape index (κ1) is 12.7. The molecule has 0 saturated carbocycles. The molecule has 0 spiro atoms. The number of nitrogens with zero attached hydrogens (tertiary/aromatic N) is 1. The molecule has 0 fully saturated rings. The third-order valence-electron chi connectivity index (χ3n) is 3.55. The fraction of sp³-hybridized carbons (Fsp3) is 0. The van der Waals surface area contributed by atoms with Gasteiger partial charge < -0.3 is 4.98 Å². The number of hydrogen-bond acceptors (Lipinski definition) is 1. The Labute approximate surface area is 131 Å². The molecule has 2 nitrogen and oxygen atoms in total. The summed E-state index contributed by atoms with van der Waals surface area (Å²) in [7, 11) is 0. The molecule has 4 rings (SSSR count). The summed E-state index contributed by atoms with van der Waals surface area (Å²) in [6, 6.07) is 17.9. The maximum absolute atomic E-state index is 6.21. The second-order valence-corrected chi connectivity index (χ2v) is 5.74. The Morgan fingerprint density at radius 3 is 2.62 bits per heavy atom. The second-order valence-electron chi connectivity index (χ2n) is 4.90. The Balaban J connectivity index is 2.03. The molecule has 0 saturated heterocycles. The van der Waals surface area contributed by atoms with Crippen molar-refractivity contribution in [1.82, 2.24) is 9.97 Å². The van der Waals surface area contributed by atoms with Gasteiger partial charge in [-0.2, -0.15) is 0 Å². The van der Waals surface area contributed by atoms with E-state index in [2.05, 4.69) is 34.2 Å². The van der Waals surface area contributed by atoms with Crippen LogP contribution in [0.4, 0.5) is 0 Å². The molecule has 4 aromatic rings. The van der Waals surface area contributed by atoms with Crippen molar-refractivity contribution in [3.63, 3.8) is 0 Å². The van der Waals surface area contributed by atoms with Gasteiger partial charge >= 0.3 is 0 Å². The number of H-pyrrole nitrogens is 1. The molecular weight excluding hydrogens is 303 g/mol. The van der Waals surface area contributed by atoms with Gasteiger partial charge in [0, 0.05) is 10.6 Å². The molecule has 1 N–H and O–H groups in total. The Hall–Kier alpha value is -2.03. The zero-order chi connectivity index (χ0) is 14.4. The van der Waals surface area contributed by atoms with Gasteiger partial charge in [-0.3, -0.25) is 0 Å². The lowest BCUT2D eigenvalue weighted by molar-refractivity contribution is 1.35. The zero-order valence-corrected chi connectivity index (χ0v) is 12.4. The second kappa shape index (κ2) is 4.76. The maximum Gasteiger partial charge on any atom is 0.139 e. The minimum Gasteiger partial charge on any atom is -0.338 e. The highest BCUT2D eigenvalue weighted by Gasteiger charge is 2.11. The van der Waals surface area contributed by atoms with Crippen molar-refractivity contribution in [2.45, 2.75) is 0 Å². The molecule has 0 atom stereocenters. The fourth-order valence-corrected chi connectivity index (χ4v) is 3.14. The average molecular weight is 313 g/mol. The van der Waals surface area contributed by atoms with Gasteiger partial charge in [0.1, 0.15) is 11.3 Å². The topological polar surface area (TPSA) is 28.7 Å². The highest BCUT2D eigenvalue weighted by molar-refractivity contribution is 6.38. The first-order valence-electron chi connectivity index (χ1n) is 6.55. The van der Waals surface area contributed by atoms with E-state index < -0.39 is 0 Å². The average Bonchev–Trinajstić information content (AvgIpc) is 2.90. The third kappa shape index (κ3) is 2.08. The minimum absolute atomic E-state index is 0.556. The van der Waals surface area contributed by atoms with E-state index in [-0.39, 0.29) is 0 Å². The molecule has 1 aromatic heterocycles. The van der Waals surface area contributed by atoms with E-state index in [0.29, 0.717) is 10.0 Å². The van der Waals surface area contributed by atoms with E-state index in [0.717, 1.165) is 27.8 Å². The molecule has 3 aromatic carbocycles. The molecule has 0 amide bonds. The summed E-state index contributed by atoms with van der Waals surface area (Å²) >= 11 is 12.3. The fourth-order valence-electron chi connectivity index (χ4n) is 2.60. The number of imidazole rings is 1. The molecule has 0 aliphatic rings. The molecule has 102 valence electrons. The Morgan fingerprint density at radius 2 is 1.71 bits per heavy atom. The Bertz CT molecular complexity index is 968. The minimum atomic E-state index is 0.556. The lowest BCUT2D eigenvalue weighted by atomic mass is 10.0. The Morgan fingerprint density at radius 1 is 0.905 bits per heavy atom. The summed E-state index contributed by atoms with van der Waals surface area (Å²) in [5.41, 5.74) is 2.64. The van der Waals surface area contributed by atoms with E-state index in [1.807, 2.05) is 24.3 Å². The maximum atomic E-state index is 6.21. The standard InChI is InChI=1S/C17H10Cl2N2/c18-11-8-14(19)16-15(9-11)20-17(21-16)13-7-3-5-10-4-1-2-6-12(10)13/h1-9H,(H,20,21). The monoisotopic (exact) mass is 312 g/mol. The van der Waals surface area contributed by atoms with Crippen LogP contribution in [0.25, 0.3) is 33.2 Å². The van der Waals surface area contributed by atoms with Gasteiger partial charge in [0.05, 0.1) is 10.5 Å². The number of rotatable bonds is 1. The number of aromatic amines is 1. The Kier molecular flexibility index (Phi) is 2.88. The lowest BCUT2D eigenvalue weighted by Crippen LogP contribution is -1.82. The molecule has 1 heterocycles. The van der Waals surface area contributed by atoms with Crippen molar-refractivity contribution in [3.05, 3.63) is 64.6 Å². The van der Waals surface area contributed by atoms with Crippen LogP contribution in [0.2, 0.25) is 10.0 Å². The molecule has 0 aliphatic heterocycles. The number of nitrogens with one attached hydrogen (secondary N) is 1. The van der Waals surface area contributed by atoms with Crippen molar-refractivity contribution in [2.24, 2.45) is 0 Å². The molecule has 21 heavy (non-hydrogen) atoms. The van der Waals surface area contributed by atoms with Gasteiger partial charge in [-0.25, -0.2) is 4.98 Å². The van der Waals surface area contributed by atoms with Crippen LogP contribution in [-0.2, 0) is 0 Å². The van der Waals surface area contributed by atoms with Gasteiger partial charge in [-0.1, -0.05) is 65.7 Å². The molecule has 0 aliphatic carbocycles. The van der Waals surface area contributed by atoms with E-state index in [9.17, 15) is 0 Å². The van der Waals surface area contributed by atoms with E-state index in [1.165, 1.54) is 5.39 Å². The predicted molar refractivity (Wildman–Crippen MR) is 89.1 cm³/mol. The number of fused-ring (bicyclic) bond motifs is 2. The molecule has 0 unspecified atom stereocenters. The summed E-state index contributed by atoms with van der Waals surface area (Å²) < 4.78 is 0. The van der Waals surface area contributed by atoms with Crippen LogP contribution in [-0.4, -0.2) is 9.97 Å². The lowest BCUT2D eigenvalue weighted by Gasteiger charge is -2.03. The van der Waals surface area contributed by atoms with E-state index >= 15 is 0 Å². The van der Waals surface area contributed by atoms with Crippen molar-refractivity contribution >= 4 is 45.0 Å². The van der Waals surface area contributed by atoms with Crippen molar-refractivity contribution in [1.29, 1.82) is 0 Å². The highest BCUT2D eigenvalue weighted by atomic mass is 35.5. The largest absolute Gasteiger partial charge is 0.338 e. The summed E-state index contributed by atoms with van der Waals surface area (Å²) in [4.78, 5) is 7.93. The van der Waals surface area contributed by atoms with Crippen LogP contribution in [0.3, 0.4) is 0 Å². The predicted octanol–water partition coefficient (Wildman–Crippen LogP) is 5.69. The van der Waals surface area contributed by atoms with Gasteiger partial charge in [-0.05, 0) is 22.9 Å². The van der Waals surface area contributed by atoms with E-state index in [4.69, 9.17) is 23.2 Å². The molecule has 4 heteroatoms. The quantitative estimate of drug-likeness (QED) is 0.480. The number of benzene rings is 3. The number of halogens is 2.